The molecule has 17 heavy (non-hydrogen) atoms. The van der Waals surface area contributed by atoms with Crippen molar-refractivity contribution >= 4 is 23.6 Å². The molecule has 0 fully saturated rings. The van der Waals surface area contributed by atoms with Crippen LogP contribution in [0.5, 0.6) is 0 Å². The monoisotopic (exact) mass is 262 g/mol. The quantitative estimate of drug-likeness (QED) is 0.708. The summed E-state index contributed by atoms with van der Waals surface area (Å²) in [5, 5.41) is 9.11. The Morgan fingerprint density at radius 2 is 2.00 bits per heavy atom. The lowest BCUT2D eigenvalue weighted by atomic mass is 10.0. The molecule has 0 aliphatic heterocycles. The van der Waals surface area contributed by atoms with Gasteiger partial charge >= 0.3 is 5.97 Å². The summed E-state index contributed by atoms with van der Waals surface area (Å²) >= 11 is 1.61. The molecule has 0 rings (SSSR count). The van der Waals surface area contributed by atoms with Gasteiger partial charge in [-0.15, -0.1) is 0 Å². The fourth-order valence-corrected chi connectivity index (χ4v) is 2.00. The van der Waals surface area contributed by atoms with Gasteiger partial charge < -0.3 is 15.7 Å². The Morgan fingerprint density at radius 3 is 2.35 bits per heavy atom. The Bertz CT molecular complexity index is 282. The maximum atomic E-state index is 12.1. The van der Waals surface area contributed by atoms with Crippen LogP contribution in [0.3, 0.4) is 0 Å². The number of rotatable bonds is 7. The molecule has 0 heterocycles. The first-order valence-electron chi connectivity index (χ1n) is 5.58. The molecule has 0 radical (unpaired) electrons. The SMILES string of the molecule is CCN(C(=O)[C@H](N)CCSC)C(C)(C)C(=O)O. The van der Waals surface area contributed by atoms with E-state index in [4.69, 9.17) is 10.8 Å². The van der Waals surface area contributed by atoms with Crippen LogP contribution in [-0.4, -0.2) is 52.0 Å². The molecule has 0 aliphatic carbocycles. The average Bonchev–Trinajstić information content (AvgIpc) is 2.25. The molecular weight excluding hydrogens is 240 g/mol. The van der Waals surface area contributed by atoms with Crippen molar-refractivity contribution in [1.29, 1.82) is 0 Å². The first-order valence-corrected chi connectivity index (χ1v) is 6.97. The number of amides is 1. The lowest BCUT2D eigenvalue weighted by molar-refractivity contribution is -0.157. The average molecular weight is 262 g/mol. The highest BCUT2D eigenvalue weighted by molar-refractivity contribution is 7.98. The molecule has 1 amide bonds. The second-order valence-electron chi connectivity index (χ2n) is 4.33. The number of aliphatic carboxylic acids is 1. The Labute approximate surface area is 107 Å². The maximum Gasteiger partial charge on any atom is 0.329 e. The first-order chi connectivity index (χ1) is 7.78. The molecule has 0 aromatic heterocycles. The fourth-order valence-electron chi connectivity index (χ4n) is 1.51. The normalized spacial score (nSPS) is 13.2. The van der Waals surface area contributed by atoms with Gasteiger partial charge in [0, 0.05) is 6.54 Å². The number of hydrogen-bond donors (Lipinski definition) is 2. The van der Waals surface area contributed by atoms with Gasteiger partial charge in [0.25, 0.3) is 0 Å². The standard InChI is InChI=1S/C11H22N2O3S/c1-5-13(11(2,3)10(15)16)9(14)8(12)6-7-17-4/h8H,5-7,12H2,1-4H3,(H,15,16)/t8-/m1/s1. The highest BCUT2D eigenvalue weighted by Gasteiger charge is 2.38. The highest BCUT2D eigenvalue weighted by Crippen LogP contribution is 2.16. The highest BCUT2D eigenvalue weighted by atomic mass is 32.2. The van der Waals surface area contributed by atoms with Crippen LogP contribution in [0.4, 0.5) is 0 Å². The third kappa shape index (κ3) is 4.20. The lowest BCUT2D eigenvalue weighted by Crippen LogP contribution is -2.57. The third-order valence-corrected chi connectivity index (χ3v) is 3.37. The summed E-state index contributed by atoms with van der Waals surface area (Å²) in [6.45, 7) is 5.12. The molecule has 0 saturated heterocycles. The molecule has 0 saturated carbocycles. The predicted octanol–water partition coefficient (Wildman–Crippen LogP) is 0.778. The minimum absolute atomic E-state index is 0.297. The van der Waals surface area contributed by atoms with Crippen LogP contribution in [0, 0.1) is 0 Å². The molecule has 0 bridgehead atoms. The number of thioether (sulfide) groups is 1. The van der Waals surface area contributed by atoms with Gasteiger partial charge in [-0.3, -0.25) is 4.79 Å². The predicted molar refractivity (Wildman–Crippen MR) is 70.1 cm³/mol. The molecule has 1 atom stereocenters. The summed E-state index contributed by atoms with van der Waals surface area (Å²) in [5.41, 5.74) is 4.56. The van der Waals surface area contributed by atoms with Gasteiger partial charge in [0.1, 0.15) is 5.54 Å². The van der Waals surface area contributed by atoms with Crippen molar-refractivity contribution in [1.82, 2.24) is 4.90 Å². The van der Waals surface area contributed by atoms with Gasteiger partial charge in [-0.1, -0.05) is 0 Å². The van der Waals surface area contributed by atoms with Gasteiger partial charge in [0.15, 0.2) is 0 Å². The number of likely N-dealkylation sites (N-methyl/N-ethyl adjacent to an activating group) is 1. The van der Waals surface area contributed by atoms with Crippen molar-refractivity contribution in [2.24, 2.45) is 5.73 Å². The number of carbonyl (C=O) groups is 2. The Morgan fingerprint density at radius 1 is 1.47 bits per heavy atom. The Hall–Kier alpha value is -0.750. The maximum absolute atomic E-state index is 12.1. The van der Waals surface area contributed by atoms with Crippen LogP contribution >= 0.6 is 11.8 Å². The molecule has 0 aliphatic rings. The zero-order valence-corrected chi connectivity index (χ0v) is 11.7. The van der Waals surface area contributed by atoms with Crippen LogP contribution in [0.2, 0.25) is 0 Å². The van der Waals surface area contributed by atoms with Crippen LogP contribution < -0.4 is 5.73 Å². The number of carboxylic acid groups (broad SMARTS) is 1. The number of carbonyl (C=O) groups excluding carboxylic acids is 1. The second kappa shape index (κ2) is 6.86. The van der Waals surface area contributed by atoms with E-state index in [0.717, 1.165) is 5.75 Å². The van der Waals surface area contributed by atoms with E-state index in [1.807, 2.05) is 6.26 Å². The van der Waals surface area contributed by atoms with E-state index in [2.05, 4.69) is 0 Å². The van der Waals surface area contributed by atoms with E-state index < -0.39 is 17.6 Å². The molecule has 6 heteroatoms. The van der Waals surface area contributed by atoms with Crippen molar-refractivity contribution in [2.45, 2.75) is 38.8 Å². The minimum Gasteiger partial charge on any atom is -0.480 e. The van der Waals surface area contributed by atoms with Crippen molar-refractivity contribution in [3.8, 4) is 0 Å². The van der Waals surface area contributed by atoms with E-state index >= 15 is 0 Å². The summed E-state index contributed by atoms with van der Waals surface area (Å²) < 4.78 is 0. The Kier molecular flexibility index (Phi) is 6.56. The van der Waals surface area contributed by atoms with Crippen molar-refractivity contribution < 1.29 is 14.7 Å². The second-order valence-corrected chi connectivity index (χ2v) is 5.32. The number of nitrogens with two attached hydrogens (primary N) is 1. The van der Waals surface area contributed by atoms with Gasteiger partial charge in [0.05, 0.1) is 6.04 Å². The number of nitrogens with zero attached hydrogens (tertiary/aromatic N) is 1. The summed E-state index contributed by atoms with van der Waals surface area (Å²) in [4.78, 5) is 24.5. The van der Waals surface area contributed by atoms with Crippen molar-refractivity contribution in [2.75, 3.05) is 18.6 Å². The topological polar surface area (TPSA) is 83.6 Å². The molecule has 100 valence electrons. The van der Waals surface area contributed by atoms with E-state index in [1.165, 1.54) is 18.7 Å². The van der Waals surface area contributed by atoms with E-state index in [-0.39, 0.29) is 5.91 Å². The van der Waals surface area contributed by atoms with E-state index in [1.54, 1.807) is 18.7 Å². The Balaban J connectivity index is 4.77. The zero-order valence-electron chi connectivity index (χ0n) is 10.9. The smallest absolute Gasteiger partial charge is 0.329 e. The molecule has 5 nitrogen and oxygen atoms in total. The summed E-state index contributed by atoms with van der Waals surface area (Å²) in [6, 6.07) is -0.624. The van der Waals surface area contributed by atoms with Crippen LogP contribution in [0.25, 0.3) is 0 Å². The molecule has 0 aromatic rings. The first kappa shape index (κ1) is 16.2. The van der Waals surface area contributed by atoms with Crippen molar-refractivity contribution in [3.63, 3.8) is 0 Å². The van der Waals surface area contributed by atoms with Gasteiger partial charge in [-0.05, 0) is 39.2 Å². The van der Waals surface area contributed by atoms with Gasteiger partial charge in [0.2, 0.25) is 5.91 Å². The molecule has 3 N–H and O–H groups in total. The van der Waals surface area contributed by atoms with E-state index in [9.17, 15) is 9.59 Å². The van der Waals surface area contributed by atoms with Gasteiger partial charge in [-0.2, -0.15) is 11.8 Å². The summed E-state index contributed by atoms with van der Waals surface area (Å²) in [5.74, 6) is -0.531. The van der Waals surface area contributed by atoms with Crippen LogP contribution in [-0.2, 0) is 9.59 Å². The fraction of sp³-hybridized carbons (Fsp3) is 0.818. The number of carboxylic acids is 1. The van der Waals surface area contributed by atoms with Crippen LogP contribution in [0.1, 0.15) is 27.2 Å². The van der Waals surface area contributed by atoms with Gasteiger partial charge in [-0.25, -0.2) is 4.79 Å². The largest absolute Gasteiger partial charge is 0.480 e. The van der Waals surface area contributed by atoms with Crippen molar-refractivity contribution in [3.05, 3.63) is 0 Å². The molecule has 0 spiro atoms. The minimum atomic E-state index is -1.22. The molecular formula is C11H22N2O3S. The molecule has 0 unspecified atom stereocenters. The molecule has 0 aromatic carbocycles. The zero-order chi connectivity index (χ0) is 13.6. The van der Waals surface area contributed by atoms with Crippen LogP contribution in [0.15, 0.2) is 0 Å². The van der Waals surface area contributed by atoms with E-state index in [0.29, 0.717) is 13.0 Å². The third-order valence-electron chi connectivity index (χ3n) is 2.73. The summed E-state index contributed by atoms with van der Waals surface area (Å²) in [6.07, 6.45) is 2.50. The number of hydrogen-bond acceptors (Lipinski definition) is 4. The lowest BCUT2D eigenvalue weighted by Gasteiger charge is -2.35. The summed E-state index contributed by atoms with van der Waals surface area (Å²) in [7, 11) is 0.